The van der Waals surface area contributed by atoms with E-state index < -0.39 is 89.7 Å². The number of likely N-dealkylation sites (N-methyl/N-ethyl adjacent to an activating group) is 1. The maximum atomic E-state index is 14.4. The third-order valence-corrected chi connectivity index (χ3v) is 13.1. The maximum absolute atomic E-state index is 14.4. The van der Waals surface area contributed by atoms with Gasteiger partial charge in [-0.3, -0.25) is 14.4 Å². The van der Waals surface area contributed by atoms with Gasteiger partial charge in [0.05, 0.1) is 35.9 Å². The van der Waals surface area contributed by atoms with E-state index in [1.165, 1.54) is 18.7 Å². The number of aliphatic hydroxyl groups is 5. The van der Waals surface area contributed by atoms with Gasteiger partial charge in [0, 0.05) is 24.9 Å². The van der Waals surface area contributed by atoms with Crippen LogP contribution in [0.15, 0.2) is 60.8 Å². The van der Waals surface area contributed by atoms with E-state index in [0.717, 1.165) is 32.1 Å². The Morgan fingerprint density at radius 1 is 0.879 bits per heavy atom. The number of nitrogens with zero attached hydrogens (tertiary/aromatic N) is 2. The number of cyclic esters (lactones) is 1. The highest BCUT2D eigenvalue weighted by Crippen LogP contribution is 2.37. The van der Waals surface area contributed by atoms with Crippen molar-refractivity contribution in [2.75, 3.05) is 20.6 Å². The molecule has 2 aliphatic rings. The Balaban J connectivity index is 2.25. The first-order valence-corrected chi connectivity index (χ1v) is 24.5. The summed E-state index contributed by atoms with van der Waals surface area (Å²) in [5, 5.41) is 62.1. The van der Waals surface area contributed by atoms with E-state index in [2.05, 4.69) is 66.9 Å². The second kappa shape index (κ2) is 29.0. The fourth-order valence-corrected chi connectivity index (χ4v) is 9.17. The lowest BCUT2D eigenvalue weighted by Gasteiger charge is -2.46. The minimum Gasteiger partial charge on any atom is -0.459 e. The topological polar surface area (TPSA) is 199 Å². The molecule has 2 rings (SSSR count). The molecular weight excluding hydrogens is 843 g/mol. The number of nitrogens with one attached hydrogen (secondary N) is 1. The maximum Gasteiger partial charge on any atom is 0.311 e. The largest absolute Gasteiger partial charge is 0.459 e. The van der Waals surface area contributed by atoms with Gasteiger partial charge < -0.3 is 54.9 Å². The Labute approximate surface area is 397 Å². The van der Waals surface area contributed by atoms with Gasteiger partial charge in [-0.05, 0) is 126 Å². The summed E-state index contributed by atoms with van der Waals surface area (Å²) in [4.78, 5) is 44.5. The Kier molecular flexibility index (Phi) is 25.9. The minimum atomic E-state index is -2.05. The molecule has 2 amide bonds. The predicted molar refractivity (Wildman–Crippen MR) is 260 cm³/mol. The van der Waals surface area contributed by atoms with Crippen LogP contribution >= 0.6 is 0 Å². The summed E-state index contributed by atoms with van der Waals surface area (Å²) in [6.07, 6.45) is 20.0. The molecule has 66 heavy (non-hydrogen) atoms. The van der Waals surface area contributed by atoms with Crippen LogP contribution in [0.3, 0.4) is 0 Å². The van der Waals surface area contributed by atoms with E-state index in [1.807, 2.05) is 38.9 Å². The number of esters is 1. The molecule has 0 bridgehead atoms. The lowest BCUT2D eigenvalue weighted by molar-refractivity contribution is -0.299. The first-order chi connectivity index (χ1) is 31.0. The summed E-state index contributed by atoms with van der Waals surface area (Å²) < 4.78 is 18.4. The Morgan fingerprint density at radius 2 is 1.42 bits per heavy atom. The van der Waals surface area contributed by atoms with Gasteiger partial charge in [0.15, 0.2) is 6.29 Å². The number of carbonyl (C=O) groups excluding carboxylic acids is 3. The highest BCUT2D eigenvalue weighted by molar-refractivity contribution is 5.87. The van der Waals surface area contributed by atoms with Gasteiger partial charge in [-0.2, -0.15) is 0 Å². The van der Waals surface area contributed by atoms with Crippen molar-refractivity contribution in [3.05, 3.63) is 60.8 Å². The molecule has 0 saturated carbocycles. The van der Waals surface area contributed by atoms with Crippen LogP contribution in [-0.2, 0) is 28.6 Å². The standard InChI is InChI=1S/C52H89N3O11/c1-13-15-16-17-18-19-20-21-22-23-24-25-26-27-28-29-30-31-43(56)53-39(7)48(60)55-34-35(3)33-51(9,62)47(66-50-45(58)41(54(11)12)32-36(4)64-50)37(5)44(57)38(6)49(61)65-42(14-2)52(10,63)46(59)40(55)8/h15-16,18-19,21-22,24-25,27-28,35-42,44-47,50,57-59,62-63H,13-14,17,20,23,26,29-34H2,1-12H3,(H,53,56)/t35-,36-,37+,38-,39+,40-,41+,42-,44+,45-,46-,47-,50+,51-,52-/m1/s1. The molecule has 14 nitrogen and oxygen atoms in total. The van der Waals surface area contributed by atoms with Crippen LogP contribution in [0.5, 0.6) is 0 Å². The summed E-state index contributed by atoms with van der Waals surface area (Å²) in [5.74, 6) is -4.25. The van der Waals surface area contributed by atoms with Crippen LogP contribution in [-0.4, -0.2) is 146 Å². The van der Waals surface area contributed by atoms with Gasteiger partial charge in [-0.25, -0.2) is 0 Å². The van der Waals surface area contributed by atoms with E-state index >= 15 is 0 Å². The number of carbonyl (C=O) groups is 3. The second-order valence-electron chi connectivity index (χ2n) is 19.6. The van der Waals surface area contributed by atoms with E-state index in [1.54, 1.807) is 34.6 Å². The highest BCUT2D eigenvalue weighted by atomic mass is 16.7. The normalized spacial score (nSPS) is 35.2. The molecule has 0 aliphatic carbocycles. The first-order valence-electron chi connectivity index (χ1n) is 24.5. The number of rotatable bonds is 19. The lowest BCUT2D eigenvalue weighted by Crippen LogP contribution is -2.62. The fraction of sp³-hybridized carbons (Fsp3) is 0.750. The Morgan fingerprint density at radius 3 is 1.95 bits per heavy atom. The molecule has 6 N–H and O–H groups in total. The summed E-state index contributed by atoms with van der Waals surface area (Å²) in [5.41, 5.74) is -3.79. The molecule has 0 unspecified atom stereocenters. The van der Waals surface area contributed by atoms with Gasteiger partial charge in [-0.1, -0.05) is 88.5 Å². The van der Waals surface area contributed by atoms with Crippen LogP contribution in [0.2, 0.25) is 0 Å². The summed E-state index contributed by atoms with van der Waals surface area (Å²) >= 11 is 0. The van der Waals surface area contributed by atoms with E-state index in [4.69, 9.17) is 14.2 Å². The van der Waals surface area contributed by atoms with Crippen LogP contribution in [0.4, 0.5) is 0 Å². The number of allylic oxidation sites excluding steroid dienone is 10. The SMILES string of the molecule is CCC=CCC=CCC=CCC=CCC=CCCCC(=O)N[C@@H](C)C(=O)N1C[C@H](C)C[C@@](C)(O)[C@H](O[C@@H]2O[C@H](C)C[C@H](N(C)C)[C@H]2O)[C@@H](C)[C@H](O)[C@@H](C)C(=O)O[C@H](CC)[C@@](C)(O)[C@H](O)[C@H]1C. The molecule has 2 fully saturated rings. The quantitative estimate of drug-likeness (QED) is 0.0481. The zero-order valence-electron chi connectivity index (χ0n) is 42.3. The summed E-state index contributed by atoms with van der Waals surface area (Å²) in [6, 6.07) is -2.39. The molecule has 0 aromatic heterocycles. The fourth-order valence-electron chi connectivity index (χ4n) is 9.17. The summed E-state index contributed by atoms with van der Waals surface area (Å²) in [7, 11) is 3.69. The van der Waals surface area contributed by atoms with Crippen molar-refractivity contribution in [1.82, 2.24) is 15.1 Å². The van der Waals surface area contributed by atoms with Crippen molar-refractivity contribution in [2.24, 2.45) is 17.8 Å². The second-order valence-corrected chi connectivity index (χ2v) is 19.6. The zero-order chi connectivity index (χ0) is 49.8. The number of hydrogen-bond donors (Lipinski definition) is 6. The molecule has 2 saturated heterocycles. The van der Waals surface area contributed by atoms with E-state index in [9.17, 15) is 39.9 Å². The molecule has 15 atom stereocenters. The highest BCUT2D eigenvalue weighted by Gasteiger charge is 2.50. The van der Waals surface area contributed by atoms with Crippen molar-refractivity contribution in [2.45, 2.75) is 212 Å². The monoisotopic (exact) mass is 932 g/mol. The number of aliphatic hydroxyl groups excluding tert-OH is 3. The van der Waals surface area contributed by atoms with Gasteiger partial charge in [-0.15, -0.1) is 0 Å². The number of ether oxygens (including phenoxy) is 3. The van der Waals surface area contributed by atoms with Crippen molar-refractivity contribution < 1.29 is 54.1 Å². The average Bonchev–Trinajstić information content (AvgIpc) is 3.26. The molecule has 0 spiro atoms. The predicted octanol–water partition coefficient (Wildman–Crippen LogP) is 6.30. The molecular formula is C52H89N3O11. The molecule has 0 aromatic rings. The lowest BCUT2D eigenvalue weighted by atomic mass is 9.78. The van der Waals surface area contributed by atoms with Crippen molar-refractivity contribution >= 4 is 17.8 Å². The molecule has 14 heteroatoms. The average molecular weight is 932 g/mol. The minimum absolute atomic E-state index is 0.000144. The molecule has 2 aliphatic heterocycles. The number of amides is 2. The molecule has 0 radical (unpaired) electrons. The van der Waals surface area contributed by atoms with Crippen molar-refractivity contribution in [1.29, 1.82) is 0 Å². The van der Waals surface area contributed by atoms with Gasteiger partial charge in [0.1, 0.15) is 30.0 Å². The van der Waals surface area contributed by atoms with Gasteiger partial charge in [0.2, 0.25) is 11.8 Å². The Bertz CT molecular complexity index is 1610. The summed E-state index contributed by atoms with van der Waals surface area (Å²) in [6.45, 7) is 16.6. The zero-order valence-corrected chi connectivity index (χ0v) is 42.3. The molecule has 2 heterocycles. The van der Waals surface area contributed by atoms with Crippen LogP contribution in [0.25, 0.3) is 0 Å². The van der Waals surface area contributed by atoms with Crippen molar-refractivity contribution in [3.63, 3.8) is 0 Å². The smallest absolute Gasteiger partial charge is 0.311 e. The van der Waals surface area contributed by atoms with Crippen LogP contribution in [0.1, 0.15) is 140 Å². The Hall–Kier alpha value is -3.21. The van der Waals surface area contributed by atoms with Crippen molar-refractivity contribution in [3.8, 4) is 0 Å². The van der Waals surface area contributed by atoms with E-state index in [-0.39, 0.29) is 43.9 Å². The van der Waals surface area contributed by atoms with Gasteiger partial charge in [0.25, 0.3) is 0 Å². The third-order valence-electron chi connectivity index (χ3n) is 13.1. The molecule has 378 valence electrons. The molecule has 0 aromatic carbocycles. The van der Waals surface area contributed by atoms with Crippen LogP contribution < -0.4 is 5.32 Å². The first kappa shape index (κ1) is 58.9. The number of unbranched alkanes of at least 4 members (excludes halogenated alkanes) is 1. The number of hydrogen-bond acceptors (Lipinski definition) is 12. The van der Waals surface area contributed by atoms with E-state index in [0.29, 0.717) is 19.3 Å². The third kappa shape index (κ3) is 18.4. The van der Waals surface area contributed by atoms with Gasteiger partial charge >= 0.3 is 5.97 Å². The van der Waals surface area contributed by atoms with Crippen LogP contribution in [0, 0.1) is 17.8 Å².